The lowest BCUT2D eigenvalue weighted by molar-refractivity contribution is -0.387. The Bertz CT molecular complexity index is 882. The lowest BCUT2D eigenvalue weighted by Crippen LogP contribution is -2.18. The van der Waals surface area contributed by atoms with Gasteiger partial charge in [0.25, 0.3) is 15.7 Å². The second-order valence-corrected chi connectivity index (χ2v) is 7.26. The molecule has 24 heavy (non-hydrogen) atoms. The molecular formula is C16H14N2O5S. The summed E-state index contributed by atoms with van der Waals surface area (Å²) in [4.78, 5) is 21.2. The Morgan fingerprint density at radius 2 is 1.71 bits per heavy atom. The monoisotopic (exact) mass is 346 g/mol. The first-order chi connectivity index (χ1) is 11.5. The Kier molecular flexibility index (Phi) is 4.16. The molecule has 0 saturated carbocycles. The molecule has 1 unspecified atom stereocenters. The minimum Gasteiger partial charge on any atom is -0.302 e. The van der Waals surface area contributed by atoms with Crippen LogP contribution in [0.25, 0.3) is 0 Å². The Morgan fingerprint density at radius 1 is 1.08 bits per heavy atom. The van der Waals surface area contributed by atoms with Gasteiger partial charge >= 0.3 is 0 Å². The molecule has 1 aliphatic heterocycles. The molecular weight excluding hydrogens is 332 g/mol. The van der Waals surface area contributed by atoms with Crippen LogP contribution in [-0.2, 0) is 21.2 Å². The van der Waals surface area contributed by atoms with Crippen molar-refractivity contribution in [3.8, 4) is 0 Å². The van der Waals surface area contributed by atoms with Gasteiger partial charge in [0.15, 0.2) is 4.90 Å². The number of carbonyl (C=O) groups is 1. The van der Waals surface area contributed by atoms with Crippen LogP contribution in [0.1, 0.15) is 5.56 Å². The van der Waals surface area contributed by atoms with Gasteiger partial charge in [-0.15, -0.1) is 0 Å². The Labute approximate surface area is 138 Å². The fourth-order valence-corrected chi connectivity index (χ4v) is 4.67. The summed E-state index contributed by atoms with van der Waals surface area (Å²) in [5.74, 6) is 0. The maximum Gasteiger partial charge on any atom is 0.289 e. The third-order valence-electron chi connectivity index (χ3n) is 3.97. The van der Waals surface area contributed by atoms with E-state index in [1.54, 1.807) is 0 Å². The van der Waals surface area contributed by atoms with Crippen molar-refractivity contribution in [3.05, 3.63) is 70.3 Å². The van der Waals surface area contributed by atoms with Gasteiger partial charge in [-0.3, -0.25) is 10.1 Å². The number of hydrogen-bond acceptors (Lipinski definition) is 5. The van der Waals surface area contributed by atoms with E-state index in [1.807, 2.05) is 30.3 Å². The van der Waals surface area contributed by atoms with Gasteiger partial charge in [0, 0.05) is 6.07 Å². The molecule has 0 N–H and O–H groups in total. The van der Waals surface area contributed by atoms with Gasteiger partial charge in [-0.05, 0) is 18.1 Å². The van der Waals surface area contributed by atoms with E-state index >= 15 is 0 Å². The van der Waals surface area contributed by atoms with E-state index in [2.05, 4.69) is 0 Å². The van der Waals surface area contributed by atoms with Crippen LogP contribution in [0.4, 0.5) is 5.69 Å². The standard InChI is InChI=1S/C16H14N2O5S/c19-11-15-14(10-12-6-2-1-3-7-12)17(15)24(22,23)16-9-5-4-8-13(16)18(20)21/h1-9,11,14-15H,10H2/t14-,15+,17?/m1/s1. The summed E-state index contributed by atoms with van der Waals surface area (Å²) in [7, 11) is -4.11. The Hall–Kier alpha value is -2.58. The highest BCUT2D eigenvalue weighted by atomic mass is 32.2. The van der Waals surface area contributed by atoms with Gasteiger partial charge in [-0.1, -0.05) is 42.5 Å². The number of sulfonamides is 1. The largest absolute Gasteiger partial charge is 0.302 e. The minimum absolute atomic E-state index is 0.379. The quantitative estimate of drug-likeness (QED) is 0.344. The highest BCUT2D eigenvalue weighted by molar-refractivity contribution is 7.89. The van der Waals surface area contributed by atoms with Crippen LogP contribution in [0, 0.1) is 10.1 Å². The van der Waals surface area contributed by atoms with Crippen molar-refractivity contribution in [2.75, 3.05) is 0 Å². The highest BCUT2D eigenvalue weighted by Gasteiger charge is 2.56. The van der Waals surface area contributed by atoms with Gasteiger partial charge in [0.1, 0.15) is 6.29 Å². The van der Waals surface area contributed by atoms with Crippen LogP contribution in [-0.4, -0.2) is 36.0 Å². The second-order valence-electron chi connectivity index (χ2n) is 5.44. The fraction of sp³-hybridized carbons (Fsp3) is 0.188. The number of nitro benzene ring substituents is 1. The predicted molar refractivity (Wildman–Crippen MR) is 85.9 cm³/mol. The summed E-state index contributed by atoms with van der Waals surface area (Å²) in [5.41, 5.74) is 0.405. The van der Waals surface area contributed by atoms with Crippen molar-refractivity contribution in [1.29, 1.82) is 0 Å². The van der Waals surface area contributed by atoms with Gasteiger partial charge < -0.3 is 4.79 Å². The molecule has 0 aromatic heterocycles. The zero-order chi connectivity index (χ0) is 17.3. The zero-order valence-corrected chi connectivity index (χ0v) is 13.3. The summed E-state index contributed by atoms with van der Waals surface area (Å²) >= 11 is 0. The molecule has 124 valence electrons. The zero-order valence-electron chi connectivity index (χ0n) is 12.5. The lowest BCUT2D eigenvalue weighted by Gasteiger charge is -2.07. The third-order valence-corrected chi connectivity index (χ3v) is 5.94. The summed E-state index contributed by atoms with van der Waals surface area (Å²) in [6.07, 6.45) is 0.948. The van der Waals surface area contributed by atoms with Crippen LogP contribution in [0.2, 0.25) is 0 Å². The molecule has 0 amide bonds. The molecule has 3 rings (SSSR count). The minimum atomic E-state index is -4.11. The lowest BCUT2D eigenvalue weighted by atomic mass is 10.1. The first-order valence-corrected chi connectivity index (χ1v) is 8.67. The number of nitro groups is 1. The molecule has 0 radical (unpaired) electrons. The van der Waals surface area contributed by atoms with Crippen LogP contribution in [0.15, 0.2) is 59.5 Å². The van der Waals surface area contributed by atoms with Gasteiger partial charge in [0.2, 0.25) is 0 Å². The van der Waals surface area contributed by atoms with E-state index in [9.17, 15) is 23.3 Å². The second kappa shape index (κ2) is 6.14. The number of para-hydroxylation sites is 1. The molecule has 2 aromatic rings. The first kappa shape index (κ1) is 16.3. The number of benzene rings is 2. The smallest absolute Gasteiger partial charge is 0.289 e. The van der Waals surface area contributed by atoms with E-state index in [0.717, 1.165) is 15.9 Å². The molecule has 1 fully saturated rings. The number of aldehydes is 1. The van der Waals surface area contributed by atoms with Crippen molar-refractivity contribution >= 4 is 22.0 Å². The first-order valence-electron chi connectivity index (χ1n) is 7.23. The highest BCUT2D eigenvalue weighted by Crippen LogP contribution is 2.39. The van der Waals surface area contributed by atoms with E-state index < -0.39 is 37.6 Å². The van der Waals surface area contributed by atoms with Crippen molar-refractivity contribution in [2.24, 2.45) is 0 Å². The Morgan fingerprint density at radius 3 is 2.33 bits per heavy atom. The molecule has 8 heteroatoms. The van der Waals surface area contributed by atoms with Crippen molar-refractivity contribution in [1.82, 2.24) is 4.31 Å². The van der Waals surface area contributed by atoms with Crippen LogP contribution >= 0.6 is 0 Å². The summed E-state index contributed by atoms with van der Waals surface area (Å²) in [6, 6.07) is 13.0. The summed E-state index contributed by atoms with van der Waals surface area (Å²) in [5, 5.41) is 11.1. The van der Waals surface area contributed by atoms with E-state index in [4.69, 9.17) is 0 Å². The van der Waals surface area contributed by atoms with E-state index in [1.165, 1.54) is 18.2 Å². The SMILES string of the molecule is O=C[C@H]1[C@@H](Cc2ccccc2)N1S(=O)(=O)c1ccccc1[N+](=O)[O-]. The van der Waals surface area contributed by atoms with E-state index in [-0.39, 0.29) is 0 Å². The summed E-state index contributed by atoms with van der Waals surface area (Å²) in [6.45, 7) is 0. The maximum atomic E-state index is 12.8. The van der Waals surface area contributed by atoms with Gasteiger partial charge in [-0.25, -0.2) is 8.42 Å². The van der Waals surface area contributed by atoms with Crippen LogP contribution < -0.4 is 0 Å². The molecule has 7 nitrogen and oxygen atoms in total. The topological polar surface area (TPSA) is 97.4 Å². The van der Waals surface area contributed by atoms with Gasteiger partial charge in [0.05, 0.1) is 17.0 Å². The van der Waals surface area contributed by atoms with E-state index in [0.29, 0.717) is 12.7 Å². The number of hydrogen-bond donors (Lipinski definition) is 0. The number of rotatable bonds is 6. The van der Waals surface area contributed by atoms with Crippen molar-refractivity contribution in [3.63, 3.8) is 0 Å². The molecule has 1 saturated heterocycles. The molecule has 0 spiro atoms. The van der Waals surface area contributed by atoms with Crippen LogP contribution in [0.3, 0.4) is 0 Å². The molecule has 3 atom stereocenters. The average molecular weight is 346 g/mol. The van der Waals surface area contributed by atoms with Crippen molar-refractivity contribution < 1.29 is 18.1 Å². The number of nitrogens with zero attached hydrogens (tertiary/aromatic N) is 2. The normalized spacial score (nSPS) is 22.8. The van der Waals surface area contributed by atoms with Gasteiger partial charge in [-0.2, -0.15) is 4.31 Å². The van der Waals surface area contributed by atoms with Crippen LogP contribution in [0.5, 0.6) is 0 Å². The Balaban J connectivity index is 1.93. The summed E-state index contributed by atoms with van der Waals surface area (Å²) < 4.78 is 26.5. The average Bonchev–Trinajstić information content (AvgIpc) is 3.29. The maximum absolute atomic E-state index is 12.8. The molecule has 1 aliphatic rings. The van der Waals surface area contributed by atoms with Crippen molar-refractivity contribution in [2.45, 2.75) is 23.4 Å². The molecule has 2 aromatic carbocycles. The number of carbonyl (C=O) groups excluding carboxylic acids is 1. The molecule has 0 bridgehead atoms. The molecule has 0 aliphatic carbocycles. The third kappa shape index (κ3) is 2.81. The molecule has 1 heterocycles. The fourth-order valence-electron chi connectivity index (χ4n) is 2.77. The predicted octanol–water partition coefficient (Wildman–Crippen LogP) is 1.78.